The molecule has 0 fully saturated rings. The van der Waals surface area contributed by atoms with Crippen molar-refractivity contribution in [1.82, 2.24) is 9.97 Å². The highest BCUT2D eigenvalue weighted by Crippen LogP contribution is 2.51. The Balaban J connectivity index is 2.79. The molecule has 17 heteroatoms. The fourth-order valence-electron chi connectivity index (χ4n) is 3.00. The molecular formula is C24H46N2O12P2S. The Morgan fingerprint density at radius 3 is 1.59 bits per heavy atom. The van der Waals surface area contributed by atoms with E-state index in [0.717, 1.165) is 6.26 Å². The molecule has 240 valence electrons. The normalized spacial score (nSPS) is 13.9. The molecule has 1 aromatic rings. The third kappa shape index (κ3) is 16.3. The zero-order valence-electron chi connectivity index (χ0n) is 25.6. The van der Waals surface area contributed by atoms with E-state index < -0.39 is 36.3 Å². The molecule has 0 bridgehead atoms. The number of sulfone groups is 1. The molecule has 0 amide bonds. The molecule has 0 spiro atoms. The van der Waals surface area contributed by atoms with Gasteiger partial charge in [-0.15, -0.1) is 0 Å². The van der Waals surface area contributed by atoms with Gasteiger partial charge in [-0.2, -0.15) is 9.97 Å². The van der Waals surface area contributed by atoms with E-state index in [9.17, 15) is 17.5 Å². The highest BCUT2D eigenvalue weighted by molar-refractivity contribution is 7.90. The highest BCUT2D eigenvalue weighted by Gasteiger charge is 2.30. The van der Waals surface area contributed by atoms with Crippen molar-refractivity contribution in [2.45, 2.75) is 98.0 Å². The summed E-state index contributed by atoms with van der Waals surface area (Å²) in [5.41, 5.74) is 0. The predicted octanol–water partition coefficient (Wildman–Crippen LogP) is 5.06. The van der Waals surface area contributed by atoms with E-state index in [1.54, 1.807) is 62.3 Å². The van der Waals surface area contributed by atoms with Crippen LogP contribution in [-0.2, 0) is 46.5 Å². The minimum atomic E-state index is -3.80. The first-order valence-electron chi connectivity index (χ1n) is 13.3. The first-order chi connectivity index (χ1) is 18.8. The summed E-state index contributed by atoms with van der Waals surface area (Å²) in [5, 5.41) is -0.500. The van der Waals surface area contributed by atoms with E-state index in [0.29, 0.717) is 0 Å². The number of hydrogen-bond acceptors (Lipinski definition) is 14. The Kier molecular flexibility index (Phi) is 15.9. The summed E-state index contributed by atoms with van der Waals surface area (Å²) in [6, 6.07) is 1.31. The Hall–Kier alpha value is -1.15. The Morgan fingerprint density at radius 2 is 1.15 bits per heavy atom. The van der Waals surface area contributed by atoms with Gasteiger partial charge in [0.15, 0.2) is 0 Å². The average Bonchev–Trinajstić information content (AvgIpc) is 2.78. The van der Waals surface area contributed by atoms with Crippen molar-refractivity contribution >= 4 is 25.0 Å². The monoisotopic (exact) mass is 648 g/mol. The Morgan fingerprint density at radius 1 is 0.707 bits per heavy atom. The molecule has 0 aliphatic rings. The molecule has 0 aromatic carbocycles. The summed E-state index contributed by atoms with van der Waals surface area (Å²) >= 11 is 0. The number of hydrogen-bond donors (Lipinski definition) is 0. The van der Waals surface area contributed by atoms with Gasteiger partial charge in [0.1, 0.15) is 25.9 Å². The standard InChI is InChI=1S/C24H46N2O12P2S/c1-17(2)35-39(27,36-18(3)4)15-31-11-12-32-22-13-23(26-24(25-22)41(10,29)30)33-14-21(9)34-16-40(28,37-19(5)6)38-20(7)8/h13,17-21H,11-12,14-16H2,1-10H3/t21-/m0/s1. The summed E-state index contributed by atoms with van der Waals surface area (Å²) < 4.78 is 94.0. The van der Waals surface area contributed by atoms with E-state index in [1.807, 2.05) is 0 Å². The smallest absolute Gasteiger partial charge is 0.356 e. The van der Waals surface area contributed by atoms with Crippen LogP contribution in [0.3, 0.4) is 0 Å². The highest BCUT2D eigenvalue weighted by atomic mass is 32.2. The van der Waals surface area contributed by atoms with Crippen LogP contribution in [-0.4, -0.2) is 87.7 Å². The molecule has 0 unspecified atom stereocenters. The maximum Gasteiger partial charge on any atom is 0.356 e. The molecule has 14 nitrogen and oxygen atoms in total. The van der Waals surface area contributed by atoms with E-state index >= 15 is 0 Å². The molecule has 0 radical (unpaired) electrons. The second-order valence-corrected chi connectivity index (χ2v) is 16.0. The molecule has 0 aliphatic carbocycles. The first-order valence-corrected chi connectivity index (χ1v) is 18.6. The van der Waals surface area contributed by atoms with Crippen molar-refractivity contribution in [2.24, 2.45) is 0 Å². The van der Waals surface area contributed by atoms with E-state index in [1.165, 1.54) is 6.07 Å². The van der Waals surface area contributed by atoms with Crippen molar-refractivity contribution in [1.29, 1.82) is 0 Å². The summed E-state index contributed by atoms with van der Waals surface area (Å²) in [6.07, 6.45) is -1.53. The second-order valence-electron chi connectivity index (χ2n) is 10.2. The average molecular weight is 649 g/mol. The number of rotatable bonds is 21. The van der Waals surface area contributed by atoms with E-state index in [-0.39, 0.29) is 68.7 Å². The lowest BCUT2D eigenvalue weighted by atomic mass is 10.4. The van der Waals surface area contributed by atoms with Gasteiger partial charge >= 0.3 is 15.2 Å². The largest absolute Gasteiger partial charge is 0.475 e. The fraction of sp³-hybridized carbons (Fsp3) is 0.833. The molecule has 1 rings (SSSR count). The third-order valence-electron chi connectivity index (χ3n) is 4.19. The van der Waals surface area contributed by atoms with Gasteiger partial charge < -0.3 is 37.0 Å². The summed E-state index contributed by atoms with van der Waals surface area (Å²) in [5.74, 6) is -0.153. The van der Waals surface area contributed by atoms with Gasteiger partial charge in [-0.3, -0.25) is 9.13 Å². The topological polar surface area (TPSA) is 168 Å². The van der Waals surface area contributed by atoms with E-state index in [4.69, 9.17) is 37.0 Å². The molecule has 0 saturated carbocycles. The zero-order chi connectivity index (χ0) is 31.4. The number of ether oxygens (including phenoxy) is 4. The molecule has 0 saturated heterocycles. The van der Waals surface area contributed by atoms with Crippen molar-refractivity contribution in [2.75, 3.05) is 38.8 Å². The zero-order valence-corrected chi connectivity index (χ0v) is 28.2. The first kappa shape index (κ1) is 37.9. The van der Waals surface area contributed by atoms with Crippen molar-refractivity contribution in [3.63, 3.8) is 0 Å². The maximum absolute atomic E-state index is 13.0. The molecule has 41 heavy (non-hydrogen) atoms. The van der Waals surface area contributed by atoms with Gasteiger partial charge in [0, 0.05) is 6.26 Å². The predicted molar refractivity (Wildman–Crippen MR) is 152 cm³/mol. The van der Waals surface area contributed by atoms with Crippen molar-refractivity contribution in [3.8, 4) is 11.8 Å². The molecule has 0 aliphatic heterocycles. The lowest BCUT2D eigenvalue weighted by Crippen LogP contribution is -2.21. The summed E-state index contributed by atoms with van der Waals surface area (Å²) in [4.78, 5) is 7.85. The van der Waals surface area contributed by atoms with Crippen LogP contribution < -0.4 is 9.47 Å². The number of aromatic nitrogens is 2. The van der Waals surface area contributed by atoms with Crippen LogP contribution in [0.2, 0.25) is 0 Å². The molecular weight excluding hydrogens is 602 g/mol. The lowest BCUT2D eigenvalue weighted by Gasteiger charge is -2.24. The van der Waals surface area contributed by atoms with Gasteiger partial charge in [0.25, 0.3) is 5.16 Å². The minimum Gasteiger partial charge on any atom is -0.475 e. The summed E-state index contributed by atoms with van der Waals surface area (Å²) in [6.45, 7) is 15.5. The van der Waals surface area contributed by atoms with Crippen LogP contribution in [0.5, 0.6) is 11.8 Å². The van der Waals surface area contributed by atoms with Gasteiger partial charge in [0.05, 0.1) is 43.2 Å². The van der Waals surface area contributed by atoms with Gasteiger partial charge in [-0.25, -0.2) is 8.42 Å². The Bertz CT molecular complexity index is 1100. The van der Waals surface area contributed by atoms with Gasteiger partial charge in [-0.05, 0) is 62.3 Å². The quantitative estimate of drug-likeness (QED) is 0.0985. The molecule has 1 aromatic heterocycles. The SMILES string of the molecule is CC(C)OP(=O)(COCCOc1cc(OC[C@H](C)OCP(=O)(OC(C)C)OC(C)C)nc(S(C)(=O)=O)n1)OC(C)C. The van der Waals surface area contributed by atoms with Crippen molar-refractivity contribution < 1.29 is 54.6 Å². The van der Waals surface area contributed by atoms with Gasteiger partial charge in [-0.1, -0.05) is 0 Å². The van der Waals surface area contributed by atoms with Crippen LogP contribution in [0.1, 0.15) is 62.3 Å². The lowest BCUT2D eigenvalue weighted by molar-refractivity contribution is 0.0354. The molecule has 1 atom stereocenters. The summed E-state index contributed by atoms with van der Waals surface area (Å²) in [7, 11) is -10.8. The Labute approximate surface area is 244 Å². The molecule has 1 heterocycles. The third-order valence-corrected chi connectivity index (χ3v) is 8.97. The van der Waals surface area contributed by atoms with Crippen LogP contribution in [0, 0.1) is 0 Å². The van der Waals surface area contributed by atoms with Crippen molar-refractivity contribution in [3.05, 3.63) is 6.07 Å². The van der Waals surface area contributed by atoms with E-state index in [2.05, 4.69) is 9.97 Å². The maximum atomic E-state index is 13.0. The van der Waals surface area contributed by atoms with Gasteiger partial charge in [0.2, 0.25) is 21.6 Å². The van der Waals surface area contributed by atoms with Crippen LogP contribution in [0.25, 0.3) is 0 Å². The van der Waals surface area contributed by atoms with Crippen LogP contribution in [0.4, 0.5) is 0 Å². The second kappa shape index (κ2) is 17.2. The van der Waals surface area contributed by atoms with Crippen LogP contribution in [0.15, 0.2) is 11.2 Å². The number of nitrogens with zero attached hydrogens (tertiary/aromatic N) is 2. The minimum absolute atomic E-state index is 0.0108. The molecule has 0 N–H and O–H groups in total. The fourth-order valence-corrected chi connectivity index (χ4v) is 7.22. The van der Waals surface area contributed by atoms with Crippen LogP contribution >= 0.6 is 15.2 Å².